The molecule has 2 aromatic rings. The largest absolute Gasteiger partial charge is 0.419 e. The minimum Gasteiger partial charge on any atom is -0.258 e. The lowest BCUT2D eigenvalue weighted by Gasteiger charge is -2.07. The molecule has 2 rings (SSSR count). The molecule has 0 radical (unpaired) electrons. The Labute approximate surface area is 146 Å². The van der Waals surface area contributed by atoms with Crippen LogP contribution in [0.25, 0.3) is 0 Å². The Morgan fingerprint density at radius 3 is 1.81 bits per heavy atom. The maximum Gasteiger partial charge on any atom is 0.419 e. The summed E-state index contributed by atoms with van der Waals surface area (Å²) in [6.45, 7) is 0. The van der Waals surface area contributed by atoms with Crippen LogP contribution in [-0.4, -0.2) is 17.1 Å². The van der Waals surface area contributed by atoms with E-state index in [0.29, 0.717) is 12.1 Å². The zero-order valence-corrected chi connectivity index (χ0v) is 12.8. The smallest absolute Gasteiger partial charge is 0.258 e. The zero-order valence-electron chi connectivity index (χ0n) is 12.8. The predicted octanol–water partition coefficient (Wildman–Crippen LogP) is 4.51. The molecule has 0 spiro atoms. The summed E-state index contributed by atoms with van der Waals surface area (Å²) in [5.41, 5.74) is -2.44. The van der Waals surface area contributed by atoms with Gasteiger partial charge in [0.05, 0.1) is 21.9 Å². The zero-order chi connectivity index (χ0) is 20.6. The average Bonchev–Trinajstić information content (AvgIpc) is 2.58. The summed E-state index contributed by atoms with van der Waals surface area (Å²) in [5.74, 6) is -2.36. The van der Waals surface area contributed by atoms with Crippen LogP contribution in [0, 0.1) is 21.7 Å². The minimum absolute atomic E-state index is 0.00287. The highest BCUT2D eigenvalue weighted by Gasteiger charge is 2.34. The van der Waals surface area contributed by atoms with E-state index in [0.717, 1.165) is 30.3 Å². The maximum atomic E-state index is 12.7. The third-order valence-corrected chi connectivity index (χ3v) is 2.73. The summed E-state index contributed by atoms with van der Waals surface area (Å²) >= 11 is 0. The third-order valence-electron chi connectivity index (χ3n) is 2.73. The SMILES string of the molecule is O=C=Nc1ccc(F)c(C(F)(F)F)c1.O=C=Nc1ccc(F)c([N+](=O)[O-])c1. The van der Waals surface area contributed by atoms with Crippen LogP contribution in [0.4, 0.5) is 39.0 Å². The Morgan fingerprint density at radius 1 is 0.889 bits per heavy atom. The van der Waals surface area contributed by atoms with Crippen LogP contribution in [0.3, 0.4) is 0 Å². The topological polar surface area (TPSA) is 102 Å². The van der Waals surface area contributed by atoms with Gasteiger partial charge in [-0.15, -0.1) is 0 Å². The molecule has 0 aliphatic heterocycles. The van der Waals surface area contributed by atoms with Gasteiger partial charge in [-0.3, -0.25) is 10.1 Å². The van der Waals surface area contributed by atoms with Gasteiger partial charge in [0.25, 0.3) is 0 Å². The highest BCUT2D eigenvalue weighted by Crippen LogP contribution is 2.33. The van der Waals surface area contributed by atoms with Gasteiger partial charge in [-0.1, -0.05) is 0 Å². The Hall–Kier alpha value is -3.75. The average molecular weight is 387 g/mol. The first-order valence-corrected chi connectivity index (χ1v) is 6.56. The highest BCUT2D eigenvalue weighted by molar-refractivity contribution is 5.53. The van der Waals surface area contributed by atoms with Gasteiger partial charge in [-0.25, -0.2) is 14.0 Å². The lowest BCUT2D eigenvalue weighted by atomic mass is 10.2. The van der Waals surface area contributed by atoms with E-state index >= 15 is 0 Å². The number of aliphatic imine (C=N–C) groups is 2. The first kappa shape index (κ1) is 21.3. The first-order chi connectivity index (χ1) is 12.6. The summed E-state index contributed by atoms with van der Waals surface area (Å²) in [7, 11) is 0. The van der Waals surface area contributed by atoms with Gasteiger partial charge in [0.1, 0.15) is 5.82 Å². The van der Waals surface area contributed by atoms with Crippen LogP contribution >= 0.6 is 0 Å². The molecule has 27 heavy (non-hydrogen) atoms. The summed E-state index contributed by atoms with van der Waals surface area (Å²) in [5, 5.41) is 10.2. The molecule has 12 heteroatoms. The number of nitro benzene ring substituents is 1. The molecule has 0 heterocycles. The molecule has 7 nitrogen and oxygen atoms in total. The van der Waals surface area contributed by atoms with Gasteiger partial charge in [0.15, 0.2) is 0 Å². The van der Waals surface area contributed by atoms with E-state index in [4.69, 9.17) is 0 Å². The second kappa shape index (κ2) is 9.09. The Balaban J connectivity index is 0.000000271. The van der Waals surface area contributed by atoms with Crippen LogP contribution in [0.1, 0.15) is 5.56 Å². The molecular weight excluding hydrogens is 381 g/mol. The summed E-state index contributed by atoms with van der Waals surface area (Å²) < 4.78 is 61.6. The number of carbonyl (C=O) groups excluding carboxylic acids is 2. The molecule has 140 valence electrons. The molecule has 0 N–H and O–H groups in total. The van der Waals surface area contributed by atoms with Gasteiger partial charge in [0, 0.05) is 6.07 Å². The number of benzene rings is 2. The molecule has 0 fully saturated rings. The predicted molar refractivity (Wildman–Crippen MR) is 80.0 cm³/mol. The molecule has 0 saturated heterocycles. The van der Waals surface area contributed by atoms with Crippen molar-refractivity contribution in [3.63, 3.8) is 0 Å². The van der Waals surface area contributed by atoms with Crippen LogP contribution in [0.2, 0.25) is 0 Å². The van der Waals surface area contributed by atoms with Crippen molar-refractivity contribution in [1.82, 2.24) is 0 Å². The Kier molecular flexibility index (Phi) is 7.17. The lowest BCUT2D eigenvalue weighted by molar-refractivity contribution is -0.387. The fourth-order valence-corrected chi connectivity index (χ4v) is 1.62. The summed E-state index contributed by atoms with van der Waals surface area (Å²) in [6, 6.07) is 4.87. The van der Waals surface area contributed by atoms with E-state index in [2.05, 4.69) is 9.98 Å². The second-order valence-electron chi connectivity index (χ2n) is 4.46. The Morgan fingerprint density at radius 2 is 1.37 bits per heavy atom. The quantitative estimate of drug-likeness (QED) is 0.254. The Bertz CT molecular complexity index is 949. The van der Waals surface area contributed by atoms with Crippen molar-refractivity contribution in [3.8, 4) is 0 Å². The first-order valence-electron chi connectivity index (χ1n) is 6.56. The summed E-state index contributed by atoms with van der Waals surface area (Å²) in [6.07, 6.45) is -2.53. The monoisotopic (exact) mass is 387 g/mol. The molecular formula is C15H6F5N3O4. The number of alkyl halides is 3. The second-order valence-corrected chi connectivity index (χ2v) is 4.46. The van der Waals surface area contributed by atoms with Gasteiger partial charge >= 0.3 is 11.9 Å². The van der Waals surface area contributed by atoms with Gasteiger partial charge < -0.3 is 0 Å². The number of nitro groups is 1. The number of hydrogen-bond acceptors (Lipinski definition) is 6. The van der Waals surface area contributed by atoms with E-state index in [-0.39, 0.29) is 11.4 Å². The van der Waals surface area contributed by atoms with Crippen molar-refractivity contribution < 1.29 is 36.5 Å². The normalized spacial score (nSPS) is 9.96. The minimum atomic E-state index is -4.79. The highest BCUT2D eigenvalue weighted by atomic mass is 19.4. The van der Waals surface area contributed by atoms with E-state index in [1.807, 2.05) is 0 Å². The van der Waals surface area contributed by atoms with Gasteiger partial charge in [-0.2, -0.15) is 27.5 Å². The number of nitrogens with zero attached hydrogens (tertiary/aromatic N) is 3. The van der Waals surface area contributed by atoms with Crippen LogP contribution < -0.4 is 0 Å². The fraction of sp³-hybridized carbons (Fsp3) is 0.0667. The maximum absolute atomic E-state index is 12.7. The van der Waals surface area contributed by atoms with Crippen LogP contribution in [-0.2, 0) is 15.8 Å². The number of halogens is 5. The fourth-order valence-electron chi connectivity index (χ4n) is 1.62. The van der Waals surface area contributed by atoms with E-state index in [1.165, 1.54) is 6.08 Å². The molecule has 0 unspecified atom stereocenters. The van der Waals surface area contributed by atoms with Crippen LogP contribution in [0.5, 0.6) is 0 Å². The lowest BCUT2D eigenvalue weighted by Crippen LogP contribution is -2.07. The molecule has 0 aliphatic rings. The van der Waals surface area contributed by atoms with Crippen molar-refractivity contribution >= 4 is 29.2 Å². The summed E-state index contributed by atoms with van der Waals surface area (Å²) in [4.78, 5) is 34.9. The molecule has 0 amide bonds. The molecule has 0 bridgehead atoms. The van der Waals surface area contributed by atoms with Crippen molar-refractivity contribution in [1.29, 1.82) is 0 Å². The van der Waals surface area contributed by atoms with Crippen molar-refractivity contribution in [2.24, 2.45) is 9.98 Å². The van der Waals surface area contributed by atoms with Crippen molar-refractivity contribution in [2.75, 3.05) is 0 Å². The molecule has 2 aromatic carbocycles. The molecule has 0 aromatic heterocycles. The van der Waals surface area contributed by atoms with Gasteiger partial charge in [0.2, 0.25) is 18.0 Å². The molecule has 0 aliphatic carbocycles. The molecule has 0 saturated carbocycles. The standard InChI is InChI=1S/C8H3F4NO.C7H3FN2O3/c9-7-2-1-5(13-4-14)3-6(7)8(10,11)12;8-6-2-1-5(9-4-11)3-7(6)10(12)13/h1-3H;1-3H. The van der Waals surface area contributed by atoms with Gasteiger partial charge in [-0.05, 0) is 30.3 Å². The number of rotatable bonds is 3. The van der Waals surface area contributed by atoms with Crippen molar-refractivity contribution in [2.45, 2.75) is 6.18 Å². The van der Waals surface area contributed by atoms with Crippen molar-refractivity contribution in [3.05, 3.63) is 63.7 Å². The molecule has 0 atom stereocenters. The number of isocyanates is 2. The van der Waals surface area contributed by atoms with Crippen LogP contribution in [0.15, 0.2) is 46.4 Å². The van der Waals surface area contributed by atoms with E-state index in [9.17, 15) is 41.7 Å². The van der Waals surface area contributed by atoms with E-state index < -0.39 is 34.0 Å². The number of hydrogen-bond donors (Lipinski definition) is 0. The third kappa shape index (κ3) is 6.24. The van der Waals surface area contributed by atoms with E-state index in [1.54, 1.807) is 0 Å².